The Morgan fingerprint density at radius 3 is 2.59 bits per heavy atom. The van der Waals surface area contributed by atoms with Crippen LogP contribution in [-0.2, 0) is 10.0 Å². The van der Waals surface area contributed by atoms with Crippen molar-refractivity contribution in [1.82, 2.24) is 9.21 Å². The summed E-state index contributed by atoms with van der Waals surface area (Å²) in [6, 6.07) is 5.01. The summed E-state index contributed by atoms with van der Waals surface area (Å²) >= 11 is 1.87. The molecule has 1 aromatic rings. The fraction of sp³-hybridized carbons (Fsp3) is 0.684. The van der Waals surface area contributed by atoms with Crippen LogP contribution in [0.3, 0.4) is 0 Å². The molecule has 0 radical (unpaired) electrons. The van der Waals surface area contributed by atoms with Crippen LogP contribution in [-0.4, -0.2) is 74.6 Å². The molecular weight excluding hydrogens is 384 g/mol. The average molecular weight is 413 g/mol. The molecule has 150 valence electrons. The third-order valence-corrected chi connectivity index (χ3v) is 8.57. The molecule has 3 heterocycles. The van der Waals surface area contributed by atoms with Gasteiger partial charge < -0.3 is 14.4 Å². The summed E-state index contributed by atoms with van der Waals surface area (Å²) in [6.45, 7) is 4.53. The van der Waals surface area contributed by atoms with E-state index in [0.717, 1.165) is 37.6 Å². The van der Waals surface area contributed by atoms with E-state index in [0.29, 0.717) is 36.2 Å². The molecule has 1 aromatic carbocycles. The van der Waals surface area contributed by atoms with Crippen molar-refractivity contribution in [2.24, 2.45) is 0 Å². The summed E-state index contributed by atoms with van der Waals surface area (Å²) in [5.74, 6) is 3.03. The number of rotatable bonds is 4. The number of benzene rings is 1. The second-order valence-corrected chi connectivity index (χ2v) is 10.4. The topological polar surface area (TPSA) is 59.1 Å². The molecule has 3 aliphatic heterocycles. The lowest BCUT2D eigenvalue weighted by Crippen LogP contribution is -2.49. The summed E-state index contributed by atoms with van der Waals surface area (Å²) in [4.78, 5) is 2.74. The van der Waals surface area contributed by atoms with Crippen LogP contribution in [0.5, 0.6) is 11.5 Å². The molecule has 2 saturated heterocycles. The maximum Gasteiger partial charge on any atom is 0.243 e. The van der Waals surface area contributed by atoms with Gasteiger partial charge in [0, 0.05) is 31.0 Å². The molecule has 0 aromatic heterocycles. The second-order valence-electron chi connectivity index (χ2n) is 7.36. The molecule has 1 atom stereocenters. The minimum atomic E-state index is -3.56. The van der Waals surface area contributed by atoms with E-state index < -0.39 is 10.0 Å². The van der Waals surface area contributed by atoms with Crippen molar-refractivity contribution < 1.29 is 17.9 Å². The Morgan fingerprint density at radius 2 is 1.78 bits per heavy atom. The van der Waals surface area contributed by atoms with Crippen LogP contribution in [0.15, 0.2) is 23.1 Å². The highest BCUT2D eigenvalue weighted by molar-refractivity contribution is 7.99. The second kappa shape index (κ2) is 8.59. The first-order valence-electron chi connectivity index (χ1n) is 9.86. The van der Waals surface area contributed by atoms with E-state index in [1.54, 1.807) is 22.5 Å². The highest BCUT2D eigenvalue weighted by Crippen LogP contribution is 2.34. The lowest BCUT2D eigenvalue weighted by Gasteiger charge is -2.35. The Bertz CT molecular complexity index is 750. The van der Waals surface area contributed by atoms with Gasteiger partial charge >= 0.3 is 0 Å². The van der Waals surface area contributed by atoms with Crippen LogP contribution in [0.2, 0.25) is 0 Å². The summed E-state index contributed by atoms with van der Waals surface area (Å²) < 4.78 is 39.8. The van der Waals surface area contributed by atoms with Crippen molar-refractivity contribution >= 4 is 21.8 Å². The van der Waals surface area contributed by atoms with E-state index in [9.17, 15) is 8.42 Å². The summed E-state index contributed by atoms with van der Waals surface area (Å²) in [5.41, 5.74) is 0. The quantitative estimate of drug-likeness (QED) is 0.757. The standard InChI is InChI=1S/C19H28N2O4S2/c22-27(23,17-5-6-18-19(13-17)25-11-10-24-18)21-9-4-12-26-15-16(21)14-20-7-2-1-3-8-20/h5-6,13,16H,1-4,7-12,14-15H2. The Hall–Kier alpha value is -0.960. The molecule has 6 nitrogen and oxygen atoms in total. The first-order valence-corrected chi connectivity index (χ1v) is 12.5. The maximum atomic E-state index is 13.5. The smallest absolute Gasteiger partial charge is 0.243 e. The molecule has 0 aliphatic carbocycles. The van der Waals surface area contributed by atoms with Gasteiger partial charge in [-0.1, -0.05) is 6.42 Å². The largest absolute Gasteiger partial charge is 0.486 e. The van der Waals surface area contributed by atoms with E-state index >= 15 is 0 Å². The number of sulfonamides is 1. The first-order chi connectivity index (χ1) is 13.1. The monoisotopic (exact) mass is 412 g/mol. The molecule has 0 amide bonds. The van der Waals surface area contributed by atoms with Gasteiger partial charge in [-0.3, -0.25) is 0 Å². The van der Waals surface area contributed by atoms with Crippen LogP contribution in [0.4, 0.5) is 0 Å². The van der Waals surface area contributed by atoms with E-state index in [1.807, 2.05) is 11.8 Å². The molecule has 8 heteroatoms. The number of hydrogen-bond donors (Lipinski definition) is 0. The average Bonchev–Trinajstić information content (AvgIpc) is 2.94. The minimum Gasteiger partial charge on any atom is -0.486 e. The zero-order valence-corrected chi connectivity index (χ0v) is 17.3. The number of ether oxygens (including phenoxy) is 2. The lowest BCUT2D eigenvalue weighted by molar-refractivity contribution is 0.171. The first kappa shape index (κ1) is 19.4. The highest BCUT2D eigenvalue weighted by atomic mass is 32.2. The zero-order valence-electron chi connectivity index (χ0n) is 15.6. The molecule has 27 heavy (non-hydrogen) atoms. The number of hydrogen-bond acceptors (Lipinski definition) is 6. The number of nitrogens with zero attached hydrogens (tertiary/aromatic N) is 2. The van der Waals surface area contributed by atoms with Crippen molar-refractivity contribution in [2.75, 3.05) is 50.9 Å². The van der Waals surface area contributed by atoms with E-state index in [4.69, 9.17) is 9.47 Å². The SMILES string of the molecule is O=S(=O)(c1ccc2c(c1)OCCO2)N1CCCSCC1CN1CCCCC1. The molecule has 0 N–H and O–H groups in total. The third-order valence-electron chi connectivity index (χ3n) is 5.42. The van der Waals surface area contributed by atoms with Gasteiger partial charge in [-0.25, -0.2) is 8.42 Å². The fourth-order valence-electron chi connectivity index (χ4n) is 4.03. The molecular formula is C19H28N2O4S2. The predicted octanol–water partition coefficient (Wildman–Crippen LogP) is 2.44. The zero-order chi connectivity index (χ0) is 18.7. The highest BCUT2D eigenvalue weighted by Gasteiger charge is 2.34. The van der Waals surface area contributed by atoms with Crippen molar-refractivity contribution in [1.29, 1.82) is 0 Å². The summed E-state index contributed by atoms with van der Waals surface area (Å²) in [7, 11) is -3.56. The van der Waals surface area contributed by atoms with Gasteiger partial charge in [-0.05, 0) is 50.2 Å². The van der Waals surface area contributed by atoms with Crippen molar-refractivity contribution in [3.8, 4) is 11.5 Å². The Morgan fingerprint density at radius 1 is 1.00 bits per heavy atom. The molecule has 3 aliphatic rings. The number of fused-ring (bicyclic) bond motifs is 1. The predicted molar refractivity (Wildman–Crippen MR) is 107 cm³/mol. The number of likely N-dealkylation sites (tertiary alicyclic amines) is 1. The van der Waals surface area contributed by atoms with Gasteiger partial charge in [0.1, 0.15) is 13.2 Å². The number of piperidine rings is 1. The molecule has 1 unspecified atom stereocenters. The van der Waals surface area contributed by atoms with Gasteiger partial charge in [0.25, 0.3) is 0 Å². The molecule has 0 bridgehead atoms. The van der Waals surface area contributed by atoms with Crippen molar-refractivity contribution in [3.05, 3.63) is 18.2 Å². The summed E-state index contributed by atoms with van der Waals surface area (Å²) in [6.07, 6.45) is 4.61. The molecule has 2 fully saturated rings. The van der Waals surface area contributed by atoms with Gasteiger partial charge in [0.05, 0.1) is 4.90 Å². The van der Waals surface area contributed by atoms with Crippen LogP contribution in [0.25, 0.3) is 0 Å². The molecule has 0 spiro atoms. The van der Waals surface area contributed by atoms with Crippen LogP contribution < -0.4 is 9.47 Å². The maximum absolute atomic E-state index is 13.5. The normalized spacial score (nSPS) is 25.1. The van der Waals surface area contributed by atoms with Crippen LogP contribution in [0.1, 0.15) is 25.7 Å². The van der Waals surface area contributed by atoms with Gasteiger partial charge in [-0.15, -0.1) is 0 Å². The Labute approximate surface area is 166 Å². The van der Waals surface area contributed by atoms with Gasteiger partial charge in [0.15, 0.2) is 11.5 Å². The fourth-order valence-corrected chi connectivity index (χ4v) is 6.85. The molecule has 0 saturated carbocycles. The van der Waals surface area contributed by atoms with Crippen LogP contribution in [0, 0.1) is 0 Å². The van der Waals surface area contributed by atoms with E-state index in [2.05, 4.69) is 4.90 Å². The lowest BCUT2D eigenvalue weighted by atomic mass is 10.1. The van der Waals surface area contributed by atoms with Crippen molar-refractivity contribution in [2.45, 2.75) is 36.6 Å². The Balaban J connectivity index is 1.58. The number of thioether (sulfide) groups is 1. The summed E-state index contributed by atoms with van der Waals surface area (Å²) in [5, 5.41) is 0. The Kier molecular flexibility index (Phi) is 6.16. The third kappa shape index (κ3) is 4.39. The molecule has 4 rings (SSSR count). The minimum absolute atomic E-state index is 0.0220. The van der Waals surface area contributed by atoms with Crippen LogP contribution >= 0.6 is 11.8 Å². The van der Waals surface area contributed by atoms with E-state index in [-0.39, 0.29) is 6.04 Å². The van der Waals surface area contributed by atoms with Crippen molar-refractivity contribution in [3.63, 3.8) is 0 Å². The van der Waals surface area contributed by atoms with Gasteiger partial charge in [-0.2, -0.15) is 16.1 Å². The van der Waals surface area contributed by atoms with Gasteiger partial charge in [0.2, 0.25) is 10.0 Å². The van der Waals surface area contributed by atoms with E-state index in [1.165, 1.54) is 19.3 Å².